The Bertz CT molecular complexity index is 360. The van der Waals surface area contributed by atoms with Crippen molar-refractivity contribution in [1.82, 2.24) is 5.32 Å². The van der Waals surface area contributed by atoms with Crippen LogP contribution in [0.25, 0.3) is 0 Å². The van der Waals surface area contributed by atoms with Gasteiger partial charge in [-0.1, -0.05) is 31.9 Å². The maximum Gasteiger partial charge on any atom is 0.119 e. The summed E-state index contributed by atoms with van der Waals surface area (Å²) in [4.78, 5) is 0. The molecule has 2 unspecified atom stereocenters. The number of nitrogens with one attached hydrogen (secondary N) is 1. The van der Waals surface area contributed by atoms with Gasteiger partial charge in [-0.2, -0.15) is 0 Å². The van der Waals surface area contributed by atoms with Gasteiger partial charge in [-0.3, -0.25) is 0 Å². The van der Waals surface area contributed by atoms with Crippen molar-refractivity contribution in [3.8, 4) is 5.75 Å². The zero-order valence-electron chi connectivity index (χ0n) is 12.3. The fourth-order valence-electron chi connectivity index (χ4n) is 3.13. The van der Waals surface area contributed by atoms with Gasteiger partial charge in [-0.05, 0) is 56.3 Å². The van der Waals surface area contributed by atoms with Gasteiger partial charge in [0.25, 0.3) is 0 Å². The summed E-state index contributed by atoms with van der Waals surface area (Å²) >= 11 is 0. The molecular formula is C17H27NO. The standard InChI is InChI=1S/C17H27NO/c1-3-5-14-8-10-16(11-9-14)19-13-12-15-6-4-7-17(15)18-2/h8-11,15,17-18H,3-7,12-13H2,1-2H3. The van der Waals surface area contributed by atoms with Crippen molar-refractivity contribution in [3.05, 3.63) is 29.8 Å². The maximum atomic E-state index is 5.87. The van der Waals surface area contributed by atoms with Crippen LogP contribution in [0, 0.1) is 5.92 Å². The Hall–Kier alpha value is -1.02. The summed E-state index contributed by atoms with van der Waals surface area (Å²) in [5.74, 6) is 1.81. The van der Waals surface area contributed by atoms with Crippen LogP contribution in [0.2, 0.25) is 0 Å². The van der Waals surface area contributed by atoms with E-state index in [4.69, 9.17) is 4.74 Å². The monoisotopic (exact) mass is 261 g/mol. The first kappa shape index (κ1) is 14.4. The van der Waals surface area contributed by atoms with Crippen LogP contribution in [-0.2, 0) is 6.42 Å². The molecule has 0 spiro atoms. The molecule has 1 saturated carbocycles. The largest absolute Gasteiger partial charge is 0.494 e. The summed E-state index contributed by atoms with van der Waals surface area (Å²) in [6.45, 7) is 3.06. The lowest BCUT2D eigenvalue weighted by Gasteiger charge is -2.18. The van der Waals surface area contributed by atoms with Crippen molar-refractivity contribution in [3.63, 3.8) is 0 Å². The molecule has 1 aromatic carbocycles. The Morgan fingerprint density at radius 2 is 2.00 bits per heavy atom. The number of hydrogen-bond acceptors (Lipinski definition) is 2. The molecule has 2 atom stereocenters. The van der Waals surface area contributed by atoms with Crippen LogP contribution in [0.15, 0.2) is 24.3 Å². The lowest BCUT2D eigenvalue weighted by Crippen LogP contribution is -2.29. The van der Waals surface area contributed by atoms with E-state index in [1.165, 1.54) is 37.7 Å². The molecule has 1 aliphatic carbocycles. The number of ether oxygens (including phenoxy) is 1. The minimum atomic E-state index is 0.704. The van der Waals surface area contributed by atoms with Crippen LogP contribution in [0.1, 0.15) is 44.6 Å². The molecule has 0 saturated heterocycles. The van der Waals surface area contributed by atoms with E-state index in [9.17, 15) is 0 Å². The highest BCUT2D eigenvalue weighted by molar-refractivity contribution is 5.27. The van der Waals surface area contributed by atoms with Gasteiger partial charge in [0.15, 0.2) is 0 Å². The highest BCUT2D eigenvalue weighted by atomic mass is 16.5. The smallest absolute Gasteiger partial charge is 0.119 e. The van der Waals surface area contributed by atoms with Crippen LogP contribution in [-0.4, -0.2) is 19.7 Å². The van der Waals surface area contributed by atoms with Crippen LogP contribution in [0.4, 0.5) is 0 Å². The zero-order valence-corrected chi connectivity index (χ0v) is 12.3. The molecule has 1 aliphatic rings. The fourth-order valence-corrected chi connectivity index (χ4v) is 3.13. The minimum Gasteiger partial charge on any atom is -0.494 e. The number of aryl methyl sites for hydroxylation is 1. The minimum absolute atomic E-state index is 0.704. The molecule has 1 N–H and O–H groups in total. The highest BCUT2D eigenvalue weighted by Crippen LogP contribution is 2.28. The van der Waals surface area contributed by atoms with Crippen molar-refractivity contribution in [1.29, 1.82) is 0 Å². The van der Waals surface area contributed by atoms with E-state index in [1.807, 2.05) is 0 Å². The average molecular weight is 261 g/mol. The summed E-state index contributed by atoms with van der Waals surface area (Å²) in [5, 5.41) is 3.43. The van der Waals surface area contributed by atoms with Crippen LogP contribution in [0.3, 0.4) is 0 Å². The topological polar surface area (TPSA) is 21.3 Å². The summed E-state index contributed by atoms with van der Waals surface area (Å²) in [6.07, 6.45) is 7.57. The molecule has 0 bridgehead atoms. The van der Waals surface area contributed by atoms with Gasteiger partial charge >= 0.3 is 0 Å². The van der Waals surface area contributed by atoms with Crippen molar-refractivity contribution < 1.29 is 4.74 Å². The van der Waals surface area contributed by atoms with Gasteiger partial charge in [0, 0.05) is 6.04 Å². The Labute approximate surface area is 117 Å². The van der Waals surface area contributed by atoms with Crippen LogP contribution >= 0.6 is 0 Å². The molecule has 2 nitrogen and oxygen atoms in total. The van der Waals surface area contributed by atoms with Crippen molar-refractivity contribution >= 4 is 0 Å². The first-order valence-corrected chi connectivity index (χ1v) is 7.72. The first-order valence-electron chi connectivity index (χ1n) is 7.72. The van der Waals surface area contributed by atoms with Crippen molar-refractivity contribution in [2.24, 2.45) is 5.92 Å². The predicted octanol–water partition coefficient (Wildman–Crippen LogP) is 3.80. The highest BCUT2D eigenvalue weighted by Gasteiger charge is 2.25. The molecule has 2 heteroatoms. The molecule has 0 heterocycles. The lowest BCUT2D eigenvalue weighted by atomic mass is 10.0. The third kappa shape index (κ3) is 4.24. The SMILES string of the molecule is CCCc1ccc(OCCC2CCCC2NC)cc1. The third-order valence-electron chi connectivity index (χ3n) is 4.25. The van der Waals surface area contributed by atoms with E-state index in [0.717, 1.165) is 24.7 Å². The Balaban J connectivity index is 1.73. The summed E-state index contributed by atoms with van der Waals surface area (Å²) in [7, 11) is 2.08. The van der Waals surface area contributed by atoms with E-state index in [2.05, 4.69) is 43.6 Å². The predicted molar refractivity (Wildman–Crippen MR) is 80.7 cm³/mol. The molecule has 1 aromatic rings. The molecule has 0 amide bonds. The second-order valence-corrected chi connectivity index (χ2v) is 5.62. The van der Waals surface area contributed by atoms with Crippen LogP contribution < -0.4 is 10.1 Å². The Morgan fingerprint density at radius 1 is 1.21 bits per heavy atom. The molecule has 106 valence electrons. The van der Waals surface area contributed by atoms with Gasteiger partial charge in [0.2, 0.25) is 0 Å². The Morgan fingerprint density at radius 3 is 2.68 bits per heavy atom. The number of rotatable bonds is 7. The van der Waals surface area contributed by atoms with Gasteiger partial charge in [-0.25, -0.2) is 0 Å². The van der Waals surface area contributed by atoms with E-state index >= 15 is 0 Å². The van der Waals surface area contributed by atoms with E-state index in [-0.39, 0.29) is 0 Å². The summed E-state index contributed by atoms with van der Waals surface area (Å²) in [6, 6.07) is 9.29. The van der Waals surface area contributed by atoms with E-state index in [1.54, 1.807) is 0 Å². The normalized spacial score (nSPS) is 22.6. The van der Waals surface area contributed by atoms with Gasteiger partial charge in [0.05, 0.1) is 6.61 Å². The van der Waals surface area contributed by atoms with Crippen molar-refractivity contribution in [2.75, 3.05) is 13.7 Å². The molecule has 0 aliphatic heterocycles. The van der Waals surface area contributed by atoms with Gasteiger partial charge in [-0.15, -0.1) is 0 Å². The Kier molecular flexibility index (Phi) is 5.71. The summed E-state index contributed by atoms with van der Waals surface area (Å²) < 4.78 is 5.87. The lowest BCUT2D eigenvalue weighted by molar-refractivity contribution is 0.263. The molecule has 19 heavy (non-hydrogen) atoms. The van der Waals surface area contributed by atoms with Gasteiger partial charge in [0.1, 0.15) is 5.75 Å². The van der Waals surface area contributed by atoms with E-state index in [0.29, 0.717) is 6.04 Å². The maximum absolute atomic E-state index is 5.87. The van der Waals surface area contributed by atoms with E-state index < -0.39 is 0 Å². The zero-order chi connectivity index (χ0) is 13.5. The summed E-state index contributed by atoms with van der Waals surface area (Å²) in [5.41, 5.74) is 1.40. The molecule has 2 rings (SSSR count). The van der Waals surface area contributed by atoms with Crippen LogP contribution in [0.5, 0.6) is 5.75 Å². The second-order valence-electron chi connectivity index (χ2n) is 5.62. The average Bonchev–Trinajstić information content (AvgIpc) is 2.88. The van der Waals surface area contributed by atoms with Crippen molar-refractivity contribution in [2.45, 2.75) is 51.5 Å². The number of hydrogen-bond donors (Lipinski definition) is 1. The second kappa shape index (κ2) is 7.54. The molecule has 1 fully saturated rings. The van der Waals surface area contributed by atoms with Gasteiger partial charge < -0.3 is 10.1 Å². The number of benzene rings is 1. The molecule has 0 aromatic heterocycles. The fraction of sp³-hybridized carbons (Fsp3) is 0.647. The molecule has 0 radical (unpaired) electrons. The molecular weight excluding hydrogens is 234 g/mol. The first-order chi connectivity index (χ1) is 9.33. The third-order valence-corrected chi connectivity index (χ3v) is 4.25. The quantitative estimate of drug-likeness (QED) is 0.806.